The van der Waals surface area contributed by atoms with Crippen molar-refractivity contribution in [1.29, 1.82) is 0 Å². The summed E-state index contributed by atoms with van der Waals surface area (Å²) in [5.41, 5.74) is -0.361. The molecule has 38 valence electrons. The Labute approximate surface area is 41.9 Å². The zero-order chi connectivity index (χ0) is 5.28. The molecule has 1 aliphatic heterocycles. The number of ether oxygens (including phenoxy) is 1. The van der Waals surface area contributed by atoms with Crippen LogP contribution < -0.4 is 0 Å². The van der Waals surface area contributed by atoms with Crippen molar-refractivity contribution < 1.29 is 14.1 Å². The van der Waals surface area contributed by atoms with Crippen molar-refractivity contribution in [2.24, 2.45) is 0 Å². The van der Waals surface area contributed by atoms with Gasteiger partial charge in [-0.25, -0.2) is 0 Å². The van der Waals surface area contributed by atoms with Gasteiger partial charge in [0.25, 0.3) is 0 Å². The van der Waals surface area contributed by atoms with Crippen LogP contribution in [0.1, 0.15) is 0 Å². The molecule has 0 radical (unpaired) electrons. The van der Waals surface area contributed by atoms with Crippen molar-refractivity contribution >= 4 is 14.4 Å². The van der Waals surface area contributed by atoms with E-state index in [-0.39, 0.29) is 20.1 Å². The second-order valence-electron chi connectivity index (χ2n) is 1.25. The van der Waals surface area contributed by atoms with Crippen LogP contribution in [0.4, 0.5) is 0 Å². The number of cyclic esters (lactones) is 1. The highest BCUT2D eigenvalue weighted by atomic mass is 31.1. The highest BCUT2D eigenvalue weighted by Gasteiger charge is 2.30. The van der Waals surface area contributed by atoms with E-state index in [1.807, 2.05) is 0 Å². The van der Waals surface area contributed by atoms with Gasteiger partial charge in [-0.3, -0.25) is 9.36 Å². The Kier molecular flexibility index (Phi) is 1.07. The third-order valence-electron chi connectivity index (χ3n) is 0.783. The molecule has 1 fully saturated rings. The second kappa shape index (κ2) is 1.58. The first-order chi connectivity index (χ1) is 3.34. The van der Waals surface area contributed by atoms with Crippen molar-refractivity contribution in [2.45, 2.75) is 5.66 Å². The fraction of sp³-hybridized carbons (Fsp3) is 0.667. The lowest BCUT2D eigenvalue weighted by Gasteiger charge is -2.16. The van der Waals surface area contributed by atoms with Crippen LogP contribution >= 0.6 is 8.46 Å². The summed E-state index contributed by atoms with van der Waals surface area (Å²) in [4.78, 5) is 10.0. The highest BCUT2D eigenvalue weighted by Crippen LogP contribution is 2.16. The minimum absolute atomic E-state index is 0.115. The average Bonchev–Trinajstić information content (AvgIpc) is 1.65. The zero-order valence-electron chi connectivity index (χ0n) is 3.46. The number of carbonyl (C=O) groups is 1. The quantitative estimate of drug-likeness (QED) is 0.365. The molecule has 0 aromatic rings. The van der Waals surface area contributed by atoms with Crippen LogP contribution in [-0.4, -0.2) is 18.2 Å². The van der Waals surface area contributed by atoms with Gasteiger partial charge in [0.2, 0.25) is 0 Å². The predicted octanol–water partition coefficient (Wildman–Crippen LogP) is 0.203. The van der Waals surface area contributed by atoms with E-state index in [1.54, 1.807) is 0 Å². The van der Waals surface area contributed by atoms with Crippen molar-refractivity contribution in [3.05, 3.63) is 0 Å². The summed E-state index contributed by atoms with van der Waals surface area (Å²) >= 11 is 0. The molecule has 1 rings (SSSR count). The first kappa shape index (κ1) is 4.72. The maximum absolute atomic E-state index is 10.0. The lowest BCUT2D eigenvalue weighted by molar-refractivity contribution is -0.156. The predicted molar refractivity (Wildman–Crippen MR) is 22.4 cm³/mol. The van der Waals surface area contributed by atoms with E-state index in [9.17, 15) is 9.36 Å². The van der Waals surface area contributed by atoms with Gasteiger partial charge in [0.05, 0.1) is 0 Å². The van der Waals surface area contributed by atoms with Crippen molar-refractivity contribution in [3.8, 4) is 0 Å². The van der Waals surface area contributed by atoms with E-state index in [0.717, 1.165) is 0 Å². The van der Waals surface area contributed by atoms with Crippen LogP contribution in [0.25, 0.3) is 0 Å². The molecule has 0 saturated carbocycles. The summed E-state index contributed by atoms with van der Waals surface area (Å²) in [5.74, 6) is -0.350. The molecule has 1 unspecified atom stereocenters. The fourth-order valence-electron chi connectivity index (χ4n) is 0.299. The molecule has 0 N–H and O–H groups in total. The van der Waals surface area contributed by atoms with Gasteiger partial charge in [0.15, 0.2) is 14.1 Å². The smallest absolute Gasteiger partial charge is 0.324 e. The van der Waals surface area contributed by atoms with Gasteiger partial charge in [-0.2, -0.15) is 0 Å². The molecular formula is C3H3O3P. The maximum Gasteiger partial charge on any atom is 0.324 e. The monoisotopic (exact) mass is 118 g/mol. The first-order valence-electron chi connectivity index (χ1n) is 1.83. The average molecular weight is 118 g/mol. The number of hydrogen-bond acceptors (Lipinski definition) is 3. The molecule has 3 nitrogen and oxygen atoms in total. The number of esters is 1. The van der Waals surface area contributed by atoms with E-state index < -0.39 is 0 Å². The van der Waals surface area contributed by atoms with E-state index in [0.29, 0.717) is 6.61 Å². The molecule has 0 aliphatic carbocycles. The van der Waals surface area contributed by atoms with Crippen LogP contribution in [-0.2, 0) is 14.1 Å². The van der Waals surface area contributed by atoms with Crippen LogP contribution in [0.3, 0.4) is 0 Å². The Hall–Kier alpha value is -0.430. The van der Waals surface area contributed by atoms with E-state index >= 15 is 0 Å². The molecule has 1 saturated heterocycles. The standard InChI is InChI=1S/C3H3O3P/c4-3-2(7-5)1-6-3/h2H,1H2. The number of hydrogen-bond donors (Lipinski definition) is 0. The van der Waals surface area contributed by atoms with Crippen LogP contribution in [0, 0.1) is 0 Å². The highest BCUT2D eigenvalue weighted by molar-refractivity contribution is 7.26. The lowest BCUT2D eigenvalue weighted by atomic mass is 10.4. The summed E-state index contributed by atoms with van der Waals surface area (Å²) in [6.07, 6.45) is 0. The second-order valence-corrected chi connectivity index (χ2v) is 2.09. The maximum atomic E-state index is 10.0. The van der Waals surface area contributed by atoms with Gasteiger partial charge in [-0.15, -0.1) is 0 Å². The molecule has 4 heteroatoms. The first-order valence-corrected chi connectivity index (χ1v) is 2.72. The Morgan fingerprint density at radius 1 is 1.86 bits per heavy atom. The van der Waals surface area contributed by atoms with Crippen molar-refractivity contribution in [1.82, 2.24) is 0 Å². The molecule has 0 aromatic carbocycles. The minimum Gasteiger partial charge on any atom is -0.463 e. The van der Waals surface area contributed by atoms with Gasteiger partial charge in [0.1, 0.15) is 6.61 Å². The number of rotatable bonds is 1. The Morgan fingerprint density at radius 2 is 2.57 bits per heavy atom. The molecular weight excluding hydrogens is 115 g/mol. The molecule has 1 atom stereocenters. The van der Waals surface area contributed by atoms with Gasteiger partial charge >= 0.3 is 5.97 Å². The van der Waals surface area contributed by atoms with Crippen LogP contribution in [0.5, 0.6) is 0 Å². The summed E-state index contributed by atoms with van der Waals surface area (Å²) in [5, 5.41) is 0. The SMILES string of the molecule is O=PC1COC1=O. The van der Waals surface area contributed by atoms with Crippen LogP contribution in [0.2, 0.25) is 0 Å². The Morgan fingerprint density at radius 3 is 2.57 bits per heavy atom. The Balaban J connectivity index is 2.43. The topological polar surface area (TPSA) is 43.4 Å². The summed E-state index contributed by atoms with van der Waals surface area (Å²) in [6, 6.07) is 0. The van der Waals surface area contributed by atoms with Gasteiger partial charge in [-0.05, 0) is 0 Å². The van der Waals surface area contributed by atoms with Gasteiger partial charge in [-0.1, -0.05) is 0 Å². The molecule has 7 heavy (non-hydrogen) atoms. The van der Waals surface area contributed by atoms with E-state index in [1.165, 1.54) is 0 Å². The zero-order valence-corrected chi connectivity index (χ0v) is 4.35. The molecule has 0 aromatic heterocycles. The summed E-state index contributed by atoms with van der Waals surface area (Å²) in [6.45, 7) is 0.323. The molecule has 0 bridgehead atoms. The van der Waals surface area contributed by atoms with Crippen molar-refractivity contribution in [3.63, 3.8) is 0 Å². The van der Waals surface area contributed by atoms with Gasteiger partial charge in [0, 0.05) is 0 Å². The molecule has 0 amide bonds. The van der Waals surface area contributed by atoms with Gasteiger partial charge < -0.3 is 4.74 Å². The minimum atomic E-state index is -0.361. The van der Waals surface area contributed by atoms with Crippen LogP contribution in [0.15, 0.2) is 0 Å². The third kappa shape index (κ3) is 0.635. The molecule has 1 aliphatic rings. The molecule has 1 heterocycles. The van der Waals surface area contributed by atoms with E-state index in [2.05, 4.69) is 4.74 Å². The Bertz CT molecular complexity index is 111. The van der Waals surface area contributed by atoms with Crippen molar-refractivity contribution in [2.75, 3.05) is 6.61 Å². The lowest BCUT2D eigenvalue weighted by Crippen LogP contribution is -2.35. The van der Waals surface area contributed by atoms with E-state index in [4.69, 9.17) is 0 Å². The normalized spacial score (nSPS) is 29.1. The fourth-order valence-corrected chi connectivity index (χ4v) is 0.595. The number of carbonyl (C=O) groups excluding carboxylic acids is 1. The summed E-state index contributed by atoms with van der Waals surface area (Å²) in [7, 11) is -0.115. The molecule has 0 spiro atoms. The largest absolute Gasteiger partial charge is 0.463 e. The summed E-state index contributed by atoms with van der Waals surface area (Å²) < 4.78 is 14.1. The third-order valence-corrected chi connectivity index (χ3v) is 1.40.